The number of thiophene rings is 2. The topological polar surface area (TPSA) is 0 Å². The Kier molecular flexibility index (Phi) is 4.90. The Balaban J connectivity index is 1.61. The standard InChI is InChI=1S/2C13H9S.2CH3.H2Si.Zr/c2*1-2-5-11-9-12(8-10(11)4-1)13-6-3-7-14-13;;;;/h2*1-9H;2*1H3;1H2;. The van der Waals surface area contributed by atoms with Crippen molar-refractivity contribution in [3.63, 3.8) is 0 Å². The van der Waals surface area contributed by atoms with Crippen LogP contribution in [0, 0.1) is 0 Å². The van der Waals surface area contributed by atoms with Gasteiger partial charge in [0.05, 0.1) is 0 Å². The first-order valence-electron chi connectivity index (χ1n) is 11.2. The Labute approximate surface area is 200 Å². The molecule has 0 amide bonds. The monoisotopic (exact) mass is 544 g/mol. The van der Waals surface area contributed by atoms with Crippen LogP contribution >= 0.6 is 22.7 Å². The third-order valence-electron chi connectivity index (χ3n) is 7.37. The molecular weight excluding hydrogens is 520 g/mol. The zero-order valence-corrected chi connectivity index (χ0v) is 23.9. The van der Waals surface area contributed by atoms with Gasteiger partial charge >= 0.3 is 202 Å². The van der Waals surface area contributed by atoms with Gasteiger partial charge in [-0.15, -0.1) is 0 Å². The van der Waals surface area contributed by atoms with E-state index in [2.05, 4.69) is 112 Å². The van der Waals surface area contributed by atoms with E-state index in [1.807, 2.05) is 22.7 Å². The SMILES string of the molecule is [CH3][Zr]([CH3])(=[SiH2])([CH]1C(c2cccs2)=Cc2ccccc21)[CH]1C(c2cccs2)=Cc2ccccc21. The Hall–Kier alpha value is -1.58. The Morgan fingerprint density at radius 2 is 1.06 bits per heavy atom. The summed E-state index contributed by atoms with van der Waals surface area (Å²) in [5.74, 6) is 0. The first-order chi connectivity index (χ1) is 15.4. The summed E-state index contributed by atoms with van der Waals surface area (Å²) in [5, 5.41) is 4.45. The summed E-state index contributed by atoms with van der Waals surface area (Å²) in [6.45, 7) is 2.42. The molecule has 4 heteroatoms. The van der Waals surface area contributed by atoms with Gasteiger partial charge in [0.15, 0.2) is 0 Å². The normalized spacial score (nSPS) is 20.0. The molecule has 0 bridgehead atoms. The summed E-state index contributed by atoms with van der Waals surface area (Å²) in [7, 11) is 0. The van der Waals surface area contributed by atoms with Gasteiger partial charge < -0.3 is 0 Å². The number of rotatable bonds is 4. The number of benzene rings is 2. The molecule has 0 radical (unpaired) electrons. The van der Waals surface area contributed by atoms with Gasteiger partial charge in [-0.1, -0.05) is 0 Å². The van der Waals surface area contributed by atoms with Crippen LogP contribution in [0.15, 0.2) is 83.6 Å². The third kappa shape index (κ3) is 3.15. The van der Waals surface area contributed by atoms with Gasteiger partial charge in [-0.25, -0.2) is 0 Å². The van der Waals surface area contributed by atoms with Crippen molar-refractivity contribution in [2.24, 2.45) is 0 Å². The van der Waals surface area contributed by atoms with Gasteiger partial charge in [0.2, 0.25) is 0 Å². The predicted octanol–water partition coefficient (Wildman–Crippen LogP) is 8.03. The van der Waals surface area contributed by atoms with E-state index < -0.39 is 17.4 Å². The molecule has 2 aromatic carbocycles. The Morgan fingerprint density at radius 3 is 1.47 bits per heavy atom. The Bertz CT molecular complexity index is 1340. The predicted molar refractivity (Wildman–Crippen MR) is 143 cm³/mol. The van der Waals surface area contributed by atoms with Crippen molar-refractivity contribution < 1.29 is 17.4 Å². The molecule has 2 unspecified atom stereocenters. The van der Waals surface area contributed by atoms with Crippen LogP contribution in [0.3, 0.4) is 0 Å². The third-order valence-corrected chi connectivity index (χ3v) is 26.4. The summed E-state index contributed by atoms with van der Waals surface area (Å²) in [6, 6.07) is 27.4. The molecule has 0 fully saturated rings. The van der Waals surface area contributed by atoms with Crippen LogP contribution in [0.4, 0.5) is 0 Å². The molecular formula is C28H26S2SiZr. The average molecular weight is 546 g/mol. The summed E-state index contributed by atoms with van der Waals surface area (Å²) in [6.07, 6.45) is 4.99. The second-order valence-electron chi connectivity index (χ2n) is 10.2. The van der Waals surface area contributed by atoms with E-state index in [0.717, 1.165) is 0 Å². The second kappa shape index (κ2) is 7.46. The molecule has 0 saturated carbocycles. The summed E-state index contributed by atoms with van der Waals surface area (Å²) in [5.41, 5.74) is 9.06. The molecule has 158 valence electrons. The maximum absolute atomic E-state index is 3.55. The van der Waals surface area contributed by atoms with Gasteiger partial charge in [-0.2, -0.15) is 0 Å². The second-order valence-corrected chi connectivity index (χ2v) is 42.6. The van der Waals surface area contributed by atoms with Gasteiger partial charge in [-0.05, 0) is 0 Å². The number of allylic oxidation sites excluding steroid dienone is 2. The molecule has 2 atom stereocenters. The van der Waals surface area contributed by atoms with Gasteiger partial charge in [0, 0.05) is 0 Å². The molecule has 0 N–H and O–H groups in total. The molecule has 2 aliphatic carbocycles. The Morgan fingerprint density at radius 1 is 0.625 bits per heavy atom. The zero-order valence-electron chi connectivity index (χ0n) is 18.4. The maximum atomic E-state index is 2.72. The average Bonchev–Trinajstić information content (AvgIpc) is 3.57. The van der Waals surface area contributed by atoms with E-state index in [0.29, 0.717) is 7.25 Å². The van der Waals surface area contributed by atoms with Crippen LogP contribution in [0.5, 0.6) is 0 Å². The summed E-state index contributed by atoms with van der Waals surface area (Å²) in [4.78, 5) is 2.88. The van der Waals surface area contributed by atoms with Gasteiger partial charge in [0.1, 0.15) is 0 Å². The molecule has 4 aromatic rings. The minimum atomic E-state index is -3.55. The molecule has 2 aliphatic rings. The van der Waals surface area contributed by atoms with Crippen LogP contribution in [0.2, 0.25) is 9.26 Å². The van der Waals surface area contributed by atoms with Crippen LogP contribution in [0.25, 0.3) is 23.3 Å². The van der Waals surface area contributed by atoms with Crippen LogP contribution in [-0.2, 0) is 17.4 Å². The minimum absolute atomic E-state index is 0.518. The van der Waals surface area contributed by atoms with E-state index in [1.165, 1.54) is 20.9 Å². The van der Waals surface area contributed by atoms with Crippen molar-refractivity contribution in [2.45, 2.75) is 16.5 Å². The number of fused-ring (bicyclic) bond motifs is 2. The quantitative estimate of drug-likeness (QED) is 0.228. The van der Waals surface area contributed by atoms with Crippen molar-refractivity contribution in [3.8, 4) is 0 Å². The molecule has 32 heavy (non-hydrogen) atoms. The molecule has 0 saturated heterocycles. The van der Waals surface area contributed by atoms with Crippen molar-refractivity contribution in [3.05, 3.63) is 116 Å². The van der Waals surface area contributed by atoms with E-state index in [-0.39, 0.29) is 0 Å². The van der Waals surface area contributed by atoms with E-state index in [1.54, 1.807) is 22.3 Å². The number of hydrogen-bond donors (Lipinski definition) is 0. The van der Waals surface area contributed by atoms with Gasteiger partial charge in [0.25, 0.3) is 0 Å². The summed E-state index contributed by atoms with van der Waals surface area (Å²) >= 11 is 0.235. The van der Waals surface area contributed by atoms with Crippen molar-refractivity contribution >= 4 is 52.9 Å². The van der Waals surface area contributed by atoms with Crippen molar-refractivity contribution in [2.75, 3.05) is 0 Å². The molecule has 2 aromatic heterocycles. The summed E-state index contributed by atoms with van der Waals surface area (Å²) < 4.78 is 6.48. The first kappa shape index (κ1) is 21.0. The fourth-order valence-corrected chi connectivity index (χ4v) is 26.8. The molecule has 0 spiro atoms. The fraction of sp³-hybridized carbons (Fsp3) is 0.143. The zero-order chi connectivity index (χ0) is 21.9. The van der Waals surface area contributed by atoms with Gasteiger partial charge in [-0.3, -0.25) is 0 Å². The van der Waals surface area contributed by atoms with Crippen LogP contribution in [-0.4, -0.2) is 6.88 Å². The first-order valence-corrected chi connectivity index (χ1v) is 26.6. The van der Waals surface area contributed by atoms with E-state index >= 15 is 0 Å². The van der Waals surface area contributed by atoms with E-state index in [9.17, 15) is 0 Å². The van der Waals surface area contributed by atoms with Crippen LogP contribution in [0.1, 0.15) is 39.3 Å². The molecule has 6 rings (SSSR count). The molecule has 0 nitrogen and oxygen atoms in total. The fourth-order valence-electron chi connectivity index (χ4n) is 6.17. The molecule has 2 heterocycles. The van der Waals surface area contributed by atoms with Crippen LogP contribution < -0.4 is 0 Å². The molecule has 0 aliphatic heterocycles. The van der Waals surface area contributed by atoms with Crippen molar-refractivity contribution in [1.29, 1.82) is 0 Å². The van der Waals surface area contributed by atoms with E-state index in [4.69, 9.17) is 0 Å². The number of hydrogen-bond acceptors (Lipinski definition) is 2. The van der Waals surface area contributed by atoms with Crippen molar-refractivity contribution in [1.82, 2.24) is 0 Å².